The van der Waals surface area contributed by atoms with Crippen molar-refractivity contribution in [1.29, 1.82) is 0 Å². The number of pyridine rings is 1. The summed E-state index contributed by atoms with van der Waals surface area (Å²) in [4.78, 5) is 14.7. The van der Waals surface area contributed by atoms with Gasteiger partial charge in [-0.25, -0.2) is 0 Å². The Labute approximate surface area is 78.8 Å². The Hall–Kier alpha value is -1.39. The Balaban J connectivity index is 2.86. The van der Waals surface area contributed by atoms with E-state index in [1.54, 1.807) is 6.92 Å². The summed E-state index contributed by atoms with van der Waals surface area (Å²) in [5, 5.41) is 0. The monoisotopic (exact) mass is 203 g/mol. The second kappa shape index (κ2) is 3.77. The molecule has 0 saturated carbocycles. The lowest BCUT2D eigenvalue weighted by Gasteiger charge is -2.06. The van der Waals surface area contributed by atoms with E-state index >= 15 is 0 Å². The molecule has 0 spiro atoms. The highest BCUT2D eigenvalue weighted by molar-refractivity contribution is 5.97. The van der Waals surface area contributed by atoms with Crippen LogP contribution in [-0.2, 0) is 0 Å². The first-order chi connectivity index (χ1) is 6.40. The Kier molecular flexibility index (Phi) is 2.88. The molecule has 5 heteroatoms. The van der Waals surface area contributed by atoms with Crippen LogP contribution < -0.4 is 0 Å². The molecule has 0 aliphatic rings. The van der Waals surface area contributed by atoms with Crippen LogP contribution in [0.4, 0.5) is 13.2 Å². The number of rotatable bonds is 2. The summed E-state index contributed by atoms with van der Waals surface area (Å²) in [6, 6.07) is 1.50. The topological polar surface area (TPSA) is 30.0 Å². The summed E-state index contributed by atoms with van der Waals surface area (Å²) >= 11 is 0. The van der Waals surface area contributed by atoms with Gasteiger partial charge in [-0.15, -0.1) is 0 Å². The molecule has 1 heterocycles. The number of ketones is 1. The first-order valence-electron chi connectivity index (χ1n) is 3.91. The van der Waals surface area contributed by atoms with E-state index in [0.29, 0.717) is 5.56 Å². The summed E-state index contributed by atoms with van der Waals surface area (Å²) in [6.45, 7) is 1.57. The maximum atomic E-state index is 11.9. The van der Waals surface area contributed by atoms with Crippen LogP contribution in [0.25, 0.3) is 0 Å². The lowest BCUT2D eigenvalue weighted by Crippen LogP contribution is -2.15. The van der Waals surface area contributed by atoms with Gasteiger partial charge in [-0.2, -0.15) is 13.2 Å². The van der Waals surface area contributed by atoms with E-state index < -0.39 is 18.4 Å². The van der Waals surface area contributed by atoms with Crippen LogP contribution >= 0.6 is 0 Å². The zero-order chi connectivity index (χ0) is 10.8. The van der Waals surface area contributed by atoms with Crippen LogP contribution in [0.5, 0.6) is 0 Å². The first-order valence-corrected chi connectivity index (χ1v) is 3.91. The minimum atomic E-state index is -4.46. The standard InChI is InChI=1S/C9H8F3NO/c1-6-2-3-13-5-7(6)8(14)4-9(10,11)12/h2-3,5H,4H2,1H3. The molecule has 76 valence electrons. The number of hydrogen-bond acceptors (Lipinski definition) is 2. The van der Waals surface area contributed by atoms with Gasteiger partial charge in [0.05, 0.1) is 0 Å². The molecule has 0 fully saturated rings. The number of alkyl halides is 3. The second-order valence-electron chi connectivity index (χ2n) is 2.91. The highest BCUT2D eigenvalue weighted by atomic mass is 19.4. The summed E-state index contributed by atoms with van der Waals surface area (Å²) in [7, 11) is 0. The average molecular weight is 203 g/mol. The van der Waals surface area contributed by atoms with Crippen molar-refractivity contribution in [2.75, 3.05) is 0 Å². The SMILES string of the molecule is Cc1ccncc1C(=O)CC(F)(F)F. The molecule has 0 aliphatic heterocycles. The van der Waals surface area contributed by atoms with Crippen LogP contribution in [0.2, 0.25) is 0 Å². The Morgan fingerprint density at radius 3 is 2.64 bits per heavy atom. The summed E-state index contributed by atoms with van der Waals surface area (Å²) < 4.78 is 35.6. The van der Waals surface area contributed by atoms with Crippen LogP contribution in [0, 0.1) is 6.92 Å². The number of carbonyl (C=O) groups is 1. The lowest BCUT2D eigenvalue weighted by atomic mass is 10.1. The van der Waals surface area contributed by atoms with Crippen molar-refractivity contribution in [3.8, 4) is 0 Å². The molecule has 1 aromatic rings. The van der Waals surface area contributed by atoms with Crippen molar-refractivity contribution in [2.45, 2.75) is 19.5 Å². The zero-order valence-corrected chi connectivity index (χ0v) is 7.43. The molecule has 0 N–H and O–H groups in total. The van der Waals surface area contributed by atoms with Crippen LogP contribution in [-0.4, -0.2) is 16.9 Å². The van der Waals surface area contributed by atoms with E-state index in [9.17, 15) is 18.0 Å². The van der Waals surface area contributed by atoms with Gasteiger partial charge in [0.25, 0.3) is 0 Å². The fourth-order valence-corrected chi connectivity index (χ4v) is 1.03. The van der Waals surface area contributed by atoms with E-state index in [1.807, 2.05) is 0 Å². The highest BCUT2D eigenvalue weighted by Gasteiger charge is 2.32. The predicted molar refractivity (Wildman–Crippen MR) is 44.0 cm³/mol. The zero-order valence-electron chi connectivity index (χ0n) is 7.43. The maximum Gasteiger partial charge on any atom is 0.396 e. The molecule has 0 saturated heterocycles. The molecule has 0 bridgehead atoms. The van der Waals surface area contributed by atoms with E-state index in [2.05, 4.69) is 4.98 Å². The van der Waals surface area contributed by atoms with Crippen molar-refractivity contribution >= 4 is 5.78 Å². The van der Waals surface area contributed by atoms with E-state index in [4.69, 9.17) is 0 Å². The van der Waals surface area contributed by atoms with Gasteiger partial charge in [-0.1, -0.05) is 0 Å². The lowest BCUT2D eigenvalue weighted by molar-refractivity contribution is -0.125. The first kappa shape index (κ1) is 10.7. The van der Waals surface area contributed by atoms with Crippen molar-refractivity contribution < 1.29 is 18.0 Å². The van der Waals surface area contributed by atoms with Gasteiger partial charge in [0.1, 0.15) is 6.42 Å². The van der Waals surface area contributed by atoms with Crippen LogP contribution in [0.3, 0.4) is 0 Å². The fourth-order valence-electron chi connectivity index (χ4n) is 1.03. The number of aryl methyl sites for hydroxylation is 1. The normalized spacial score (nSPS) is 11.4. The van der Waals surface area contributed by atoms with Crippen molar-refractivity contribution in [3.63, 3.8) is 0 Å². The van der Waals surface area contributed by atoms with Crippen LogP contribution in [0.15, 0.2) is 18.5 Å². The summed E-state index contributed by atoms with van der Waals surface area (Å²) in [5.74, 6) is -0.942. The maximum absolute atomic E-state index is 11.9. The molecular formula is C9H8F3NO. The van der Waals surface area contributed by atoms with Gasteiger partial charge in [0.2, 0.25) is 0 Å². The van der Waals surface area contributed by atoms with E-state index in [-0.39, 0.29) is 5.56 Å². The second-order valence-corrected chi connectivity index (χ2v) is 2.91. The third-order valence-electron chi connectivity index (χ3n) is 1.70. The van der Waals surface area contributed by atoms with Gasteiger partial charge in [-0.05, 0) is 18.6 Å². The van der Waals surface area contributed by atoms with Crippen LogP contribution in [0.1, 0.15) is 22.3 Å². The van der Waals surface area contributed by atoms with Gasteiger partial charge >= 0.3 is 6.18 Å². The number of Topliss-reactive ketones (excluding diaryl/α,β-unsaturated/α-hetero) is 1. The molecule has 1 aromatic heterocycles. The third-order valence-corrected chi connectivity index (χ3v) is 1.70. The molecule has 0 aliphatic carbocycles. The molecule has 0 amide bonds. The number of carbonyl (C=O) groups excluding carboxylic acids is 1. The molecular weight excluding hydrogens is 195 g/mol. The molecule has 1 rings (SSSR count). The molecule has 0 unspecified atom stereocenters. The Morgan fingerprint density at radius 2 is 2.14 bits per heavy atom. The molecule has 0 aromatic carbocycles. The third kappa shape index (κ3) is 2.83. The van der Waals surface area contributed by atoms with E-state index in [0.717, 1.165) is 6.20 Å². The number of aromatic nitrogens is 1. The smallest absolute Gasteiger partial charge is 0.294 e. The van der Waals surface area contributed by atoms with Gasteiger partial charge in [0.15, 0.2) is 5.78 Å². The quantitative estimate of drug-likeness (QED) is 0.691. The van der Waals surface area contributed by atoms with Crippen molar-refractivity contribution in [3.05, 3.63) is 29.6 Å². The van der Waals surface area contributed by atoms with Gasteiger partial charge in [0, 0.05) is 18.0 Å². The largest absolute Gasteiger partial charge is 0.396 e. The van der Waals surface area contributed by atoms with Gasteiger partial charge < -0.3 is 0 Å². The minimum Gasteiger partial charge on any atom is -0.294 e. The van der Waals surface area contributed by atoms with Crippen molar-refractivity contribution in [1.82, 2.24) is 4.98 Å². The van der Waals surface area contributed by atoms with Crippen molar-refractivity contribution in [2.24, 2.45) is 0 Å². The average Bonchev–Trinajstić information content (AvgIpc) is 2.01. The molecule has 0 radical (unpaired) electrons. The molecule has 14 heavy (non-hydrogen) atoms. The molecule has 2 nitrogen and oxygen atoms in total. The summed E-state index contributed by atoms with van der Waals surface area (Å²) in [5.41, 5.74) is 0.541. The Morgan fingerprint density at radius 1 is 1.50 bits per heavy atom. The number of hydrogen-bond donors (Lipinski definition) is 0. The fraction of sp³-hybridized carbons (Fsp3) is 0.333. The Bertz CT molecular complexity index is 346. The minimum absolute atomic E-state index is 0.0322. The number of halogens is 3. The van der Waals surface area contributed by atoms with E-state index in [1.165, 1.54) is 12.3 Å². The molecule has 0 atom stereocenters. The number of nitrogens with zero attached hydrogens (tertiary/aromatic N) is 1. The van der Waals surface area contributed by atoms with Gasteiger partial charge in [-0.3, -0.25) is 9.78 Å². The predicted octanol–water partition coefficient (Wildman–Crippen LogP) is 2.53. The highest BCUT2D eigenvalue weighted by Crippen LogP contribution is 2.22. The summed E-state index contributed by atoms with van der Waals surface area (Å²) in [6.07, 6.45) is -3.30.